The number of nitrogens with zero attached hydrogens (tertiary/aromatic N) is 2. The first kappa shape index (κ1) is 22.2. The summed E-state index contributed by atoms with van der Waals surface area (Å²) in [5, 5.41) is 10.2. The van der Waals surface area contributed by atoms with E-state index in [-0.39, 0.29) is 23.0 Å². The number of hydrogen-bond donors (Lipinski definition) is 1. The number of rotatable bonds is 5. The van der Waals surface area contributed by atoms with Crippen LogP contribution in [0.3, 0.4) is 0 Å². The zero-order chi connectivity index (χ0) is 23.7. The first-order valence-electron chi connectivity index (χ1n) is 10.5. The Labute approximate surface area is 191 Å². The maximum atomic E-state index is 13.6. The van der Waals surface area contributed by atoms with Crippen molar-refractivity contribution in [2.45, 2.75) is 25.2 Å². The lowest BCUT2D eigenvalue weighted by Crippen LogP contribution is -2.38. The van der Waals surface area contributed by atoms with Crippen LogP contribution in [0.25, 0.3) is 0 Å². The Morgan fingerprint density at radius 2 is 1.67 bits per heavy atom. The number of halogens is 1. The number of nitrogens with two attached hydrogens (primary N) is 1. The summed E-state index contributed by atoms with van der Waals surface area (Å²) in [6, 6.07) is 11.4. The lowest BCUT2D eigenvalue weighted by atomic mass is 9.75. The molecule has 1 aliphatic heterocycles. The van der Waals surface area contributed by atoms with Gasteiger partial charge in [0.25, 0.3) is 0 Å². The molecule has 0 spiro atoms. The molecule has 1 heterocycles. The summed E-state index contributed by atoms with van der Waals surface area (Å²) in [6.07, 6.45) is 1.60. The molecule has 1 unspecified atom stereocenters. The Kier molecular flexibility index (Phi) is 5.97. The highest BCUT2D eigenvalue weighted by Crippen LogP contribution is 2.50. The van der Waals surface area contributed by atoms with Crippen LogP contribution in [0.1, 0.15) is 30.7 Å². The van der Waals surface area contributed by atoms with E-state index < -0.39 is 5.92 Å². The van der Waals surface area contributed by atoms with Gasteiger partial charge in [0.2, 0.25) is 0 Å². The molecule has 2 N–H and O–H groups in total. The Balaban J connectivity index is 2.00. The van der Waals surface area contributed by atoms with E-state index in [1.54, 1.807) is 29.2 Å². The first-order chi connectivity index (χ1) is 15.9. The second kappa shape index (κ2) is 8.87. The van der Waals surface area contributed by atoms with E-state index in [1.807, 2.05) is 0 Å². The third kappa shape index (κ3) is 3.65. The molecular formula is C25H24FN3O4. The van der Waals surface area contributed by atoms with Crippen molar-refractivity contribution in [3.05, 3.63) is 70.4 Å². The molecule has 1 aliphatic carbocycles. The van der Waals surface area contributed by atoms with Gasteiger partial charge in [0.1, 0.15) is 17.4 Å². The molecule has 1 atom stereocenters. The normalized spacial score (nSPS) is 18.1. The van der Waals surface area contributed by atoms with E-state index in [9.17, 15) is 14.4 Å². The van der Waals surface area contributed by atoms with Crippen LogP contribution in [-0.4, -0.2) is 27.1 Å². The quantitative estimate of drug-likeness (QED) is 0.732. The van der Waals surface area contributed by atoms with E-state index >= 15 is 0 Å². The van der Waals surface area contributed by atoms with Crippen molar-refractivity contribution < 1.29 is 23.4 Å². The van der Waals surface area contributed by atoms with E-state index in [2.05, 4.69) is 6.07 Å². The second-order valence-corrected chi connectivity index (χ2v) is 7.74. The molecule has 170 valence electrons. The van der Waals surface area contributed by atoms with Gasteiger partial charge in [-0.3, -0.25) is 9.69 Å². The van der Waals surface area contributed by atoms with Crippen molar-refractivity contribution >= 4 is 11.5 Å². The molecule has 4 rings (SSSR count). The fourth-order valence-electron chi connectivity index (χ4n) is 4.56. The number of hydrogen-bond acceptors (Lipinski definition) is 7. The fraction of sp³-hybridized carbons (Fsp3) is 0.280. The monoisotopic (exact) mass is 449 g/mol. The molecule has 0 aromatic heterocycles. The predicted molar refractivity (Wildman–Crippen MR) is 120 cm³/mol. The zero-order valence-electron chi connectivity index (χ0n) is 18.6. The smallest absolute Gasteiger partial charge is 0.164 e. The van der Waals surface area contributed by atoms with Crippen LogP contribution in [-0.2, 0) is 4.79 Å². The van der Waals surface area contributed by atoms with Gasteiger partial charge in [0.05, 0.1) is 38.9 Å². The van der Waals surface area contributed by atoms with Crippen molar-refractivity contribution in [3.63, 3.8) is 0 Å². The predicted octanol–water partition coefficient (Wildman–Crippen LogP) is 4.16. The highest BCUT2D eigenvalue weighted by molar-refractivity contribution is 6.01. The number of ether oxygens (including phenoxy) is 3. The molecule has 0 fully saturated rings. The van der Waals surface area contributed by atoms with Gasteiger partial charge in [-0.1, -0.05) is 0 Å². The van der Waals surface area contributed by atoms with E-state index in [0.29, 0.717) is 59.0 Å². The SMILES string of the molecule is COc1cc(OC)c(C2C(C#N)=C(N)N(c3ccc(F)cc3)C3=C2C(=O)CCC3)cc1OC. The summed E-state index contributed by atoms with van der Waals surface area (Å²) < 4.78 is 30.0. The third-order valence-corrected chi connectivity index (χ3v) is 6.05. The molecule has 0 amide bonds. The van der Waals surface area contributed by atoms with Gasteiger partial charge in [-0.05, 0) is 43.2 Å². The number of ketones is 1. The molecule has 0 bridgehead atoms. The minimum absolute atomic E-state index is 0.0644. The minimum atomic E-state index is -0.732. The molecule has 0 radical (unpaired) electrons. The number of methoxy groups -OCH3 is 3. The van der Waals surface area contributed by atoms with Gasteiger partial charge < -0.3 is 19.9 Å². The molecule has 2 aliphatic rings. The van der Waals surface area contributed by atoms with Gasteiger partial charge in [-0.25, -0.2) is 4.39 Å². The van der Waals surface area contributed by atoms with Crippen LogP contribution < -0.4 is 24.8 Å². The summed E-state index contributed by atoms with van der Waals surface area (Å²) >= 11 is 0. The van der Waals surface area contributed by atoms with Gasteiger partial charge in [0, 0.05) is 35.0 Å². The number of anilines is 1. The first-order valence-corrected chi connectivity index (χ1v) is 10.5. The summed E-state index contributed by atoms with van der Waals surface area (Å²) in [5.74, 6) is 0.352. The van der Waals surface area contributed by atoms with Crippen LogP contribution >= 0.6 is 0 Å². The third-order valence-electron chi connectivity index (χ3n) is 6.05. The average Bonchev–Trinajstić information content (AvgIpc) is 2.83. The summed E-state index contributed by atoms with van der Waals surface area (Å²) in [6.45, 7) is 0. The van der Waals surface area contributed by atoms with Crippen molar-refractivity contribution in [2.24, 2.45) is 5.73 Å². The van der Waals surface area contributed by atoms with Crippen LogP contribution in [0.4, 0.5) is 10.1 Å². The van der Waals surface area contributed by atoms with Crippen molar-refractivity contribution in [2.75, 3.05) is 26.2 Å². The number of allylic oxidation sites excluding steroid dienone is 3. The van der Waals surface area contributed by atoms with Gasteiger partial charge in [-0.15, -0.1) is 0 Å². The number of benzene rings is 2. The van der Waals surface area contributed by atoms with Crippen molar-refractivity contribution in [3.8, 4) is 23.3 Å². The number of nitriles is 1. The topological polar surface area (TPSA) is 97.8 Å². The summed E-state index contributed by atoms with van der Waals surface area (Å²) in [7, 11) is 4.54. The van der Waals surface area contributed by atoms with Gasteiger partial charge in [0.15, 0.2) is 17.3 Å². The van der Waals surface area contributed by atoms with E-state index in [4.69, 9.17) is 19.9 Å². The Morgan fingerprint density at radius 3 is 2.27 bits per heavy atom. The number of carbonyl (C=O) groups is 1. The molecular weight excluding hydrogens is 425 g/mol. The van der Waals surface area contributed by atoms with Crippen molar-refractivity contribution in [1.82, 2.24) is 0 Å². The standard InChI is InChI=1S/C25H24FN3O4/c1-31-20-12-22(33-3)21(32-2)11-16(20)23-17(13-27)25(28)29(15-9-7-14(26)8-10-15)18-5-4-6-19(30)24(18)23/h7-12,23H,4-6,28H2,1-3H3. The van der Waals surface area contributed by atoms with Gasteiger partial charge >= 0.3 is 0 Å². The maximum Gasteiger partial charge on any atom is 0.164 e. The lowest BCUT2D eigenvalue weighted by molar-refractivity contribution is -0.116. The number of Topliss-reactive ketones (excluding diaryl/α,β-unsaturated/α-hetero) is 1. The summed E-state index contributed by atoms with van der Waals surface area (Å²) in [5.41, 5.74) is 9.11. The molecule has 7 nitrogen and oxygen atoms in total. The minimum Gasteiger partial charge on any atom is -0.496 e. The van der Waals surface area contributed by atoms with Crippen LogP contribution in [0.15, 0.2) is 59.1 Å². The Hall–Kier alpha value is -3.99. The van der Waals surface area contributed by atoms with Crippen LogP contribution in [0.5, 0.6) is 17.2 Å². The largest absolute Gasteiger partial charge is 0.496 e. The van der Waals surface area contributed by atoms with Crippen LogP contribution in [0, 0.1) is 17.1 Å². The number of carbonyl (C=O) groups excluding carboxylic acids is 1. The van der Waals surface area contributed by atoms with E-state index in [0.717, 1.165) is 0 Å². The highest BCUT2D eigenvalue weighted by atomic mass is 19.1. The highest BCUT2D eigenvalue weighted by Gasteiger charge is 2.41. The van der Waals surface area contributed by atoms with Gasteiger partial charge in [-0.2, -0.15) is 5.26 Å². The molecule has 2 aromatic rings. The molecule has 0 saturated heterocycles. The molecule has 8 heteroatoms. The average molecular weight is 449 g/mol. The van der Waals surface area contributed by atoms with Crippen LogP contribution in [0.2, 0.25) is 0 Å². The maximum absolute atomic E-state index is 13.6. The Morgan fingerprint density at radius 1 is 1.03 bits per heavy atom. The molecule has 0 saturated carbocycles. The molecule has 2 aromatic carbocycles. The van der Waals surface area contributed by atoms with E-state index in [1.165, 1.54) is 33.5 Å². The van der Waals surface area contributed by atoms with Crippen molar-refractivity contribution in [1.29, 1.82) is 5.26 Å². The molecule has 33 heavy (non-hydrogen) atoms. The lowest BCUT2D eigenvalue weighted by Gasteiger charge is -2.40. The summed E-state index contributed by atoms with van der Waals surface area (Å²) in [4.78, 5) is 15.0. The fourth-order valence-corrected chi connectivity index (χ4v) is 4.56. The second-order valence-electron chi connectivity index (χ2n) is 7.74. The zero-order valence-corrected chi connectivity index (χ0v) is 18.6. The Bertz CT molecular complexity index is 1210.